The molecule has 1 N–H and O–H groups in total. The SMILES string of the molecule is O[C@@H]1[C@@H]2CCC[C@@H]1[C@]13CCCC[C@@]1(O3)[C@@H]2c1ccccc1. The Labute approximate surface area is 126 Å². The molecule has 2 nitrogen and oxygen atoms in total. The van der Waals surface area contributed by atoms with Crippen molar-refractivity contribution < 1.29 is 9.84 Å². The van der Waals surface area contributed by atoms with Crippen LogP contribution in [-0.4, -0.2) is 22.4 Å². The molecule has 1 heterocycles. The standard InChI is InChI=1S/C19H24O2/c20-17-14-9-6-10-15(17)18-11-4-5-12-19(18,21-18)16(14)13-7-2-1-3-8-13/h1-3,7-8,14-17,20H,4-6,9-12H2/t14-,15+,16-,17-,18-,19-/m1/s1. The second-order valence-electron chi connectivity index (χ2n) is 7.67. The molecule has 4 fully saturated rings. The first-order valence-electron chi connectivity index (χ1n) is 8.72. The quantitative estimate of drug-likeness (QED) is 0.799. The van der Waals surface area contributed by atoms with Crippen LogP contribution in [0.25, 0.3) is 0 Å². The molecule has 5 rings (SSSR count). The Balaban J connectivity index is 1.66. The van der Waals surface area contributed by atoms with Crippen molar-refractivity contribution in [1.82, 2.24) is 0 Å². The maximum absolute atomic E-state index is 11.0. The molecule has 6 atom stereocenters. The van der Waals surface area contributed by atoms with Crippen molar-refractivity contribution in [3.8, 4) is 0 Å². The molecule has 0 amide bonds. The van der Waals surface area contributed by atoms with E-state index in [0.29, 0.717) is 17.8 Å². The Morgan fingerprint density at radius 3 is 2.52 bits per heavy atom. The molecule has 2 bridgehead atoms. The van der Waals surface area contributed by atoms with Gasteiger partial charge in [0.1, 0.15) is 11.2 Å². The summed E-state index contributed by atoms with van der Waals surface area (Å²) in [5, 5.41) is 11.0. The summed E-state index contributed by atoms with van der Waals surface area (Å²) in [6.45, 7) is 0. The van der Waals surface area contributed by atoms with Gasteiger partial charge in [-0.15, -0.1) is 0 Å². The molecular weight excluding hydrogens is 260 g/mol. The van der Waals surface area contributed by atoms with Gasteiger partial charge in [0.05, 0.1) is 6.10 Å². The molecule has 3 saturated carbocycles. The van der Waals surface area contributed by atoms with Crippen LogP contribution in [0.15, 0.2) is 30.3 Å². The molecule has 4 aliphatic rings. The van der Waals surface area contributed by atoms with Gasteiger partial charge in [-0.2, -0.15) is 0 Å². The second kappa shape index (κ2) is 4.11. The molecule has 1 saturated heterocycles. The molecule has 0 unspecified atom stereocenters. The fourth-order valence-corrected chi connectivity index (χ4v) is 6.27. The van der Waals surface area contributed by atoms with Crippen molar-refractivity contribution in [2.24, 2.45) is 11.8 Å². The Hall–Kier alpha value is -0.860. The average molecular weight is 284 g/mol. The lowest BCUT2D eigenvalue weighted by Crippen LogP contribution is -2.57. The number of epoxide rings is 1. The van der Waals surface area contributed by atoms with E-state index in [0.717, 1.165) is 0 Å². The molecule has 2 heteroatoms. The maximum Gasteiger partial charge on any atom is 0.106 e. The summed E-state index contributed by atoms with van der Waals surface area (Å²) >= 11 is 0. The topological polar surface area (TPSA) is 32.8 Å². The molecule has 112 valence electrons. The predicted octanol–water partition coefficient (Wildman–Crippen LogP) is 3.64. The highest BCUT2D eigenvalue weighted by atomic mass is 16.6. The van der Waals surface area contributed by atoms with E-state index >= 15 is 0 Å². The third kappa shape index (κ3) is 1.41. The summed E-state index contributed by atoms with van der Waals surface area (Å²) in [6, 6.07) is 10.9. The monoisotopic (exact) mass is 284 g/mol. The highest BCUT2D eigenvalue weighted by Gasteiger charge is 2.81. The summed E-state index contributed by atoms with van der Waals surface area (Å²) in [5.41, 5.74) is 1.47. The van der Waals surface area contributed by atoms with Gasteiger partial charge in [0.25, 0.3) is 0 Å². The van der Waals surface area contributed by atoms with Crippen molar-refractivity contribution in [2.75, 3.05) is 0 Å². The Morgan fingerprint density at radius 2 is 1.71 bits per heavy atom. The molecule has 1 aromatic carbocycles. The molecule has 1 aromatic rings. The van der Waals surface area contributed by atoms with E-state index in [1.165, 1.54) is 50.5 Å². The number of fused-ring (bicyclic) bond motifs is 2. The molecule has 0 spiro atoms. The van der Waals surface area contributed by atoms with Crippen LogP contribution in [0.4, 0.5) is 0 Å². The number of benzene rings is 1. The van der Waals surface area contributed by atoms with Crippen molar-refractivity contribution >= 4 is 0 Å². The van der Waals surface area contributed by atoms with Crippen molar-refractivity contribution in [1.29, 1.82) is 0 Å². The Morgan fingerprint density at radius 1 is 0.952 bits per heavy atom. The zero-order chi connectivity index (χ0) is 14.1. The smallest absolute Gasteiger partial charge is 0.106 e. The van der Waals surface area contributed by atoms with Gasteiger partial charge < -0.3 is 9.84 Å². The van der Waals surface area contributed by atoms with Crippen molar-refractivity contribution in [2.45, 2.75) is 68.2 Å². The lowest BCUT2D eigenvalue weighted by Gasteiger charge is -2.51. The third-order valence-corrected chi connectivity index (χ3v) is 6.98. The van der Waals surface area contributed by atoms with E-state index in [1.54, 1.807) is 0 Å². The molecule has 1 aliphatic heterocycles. The van der Waals surface area contributed by atoms with Gasteiger partial charge in [0, 0.05) is 11.8 Å². The van der Waals surface area contributed by atoms with Crippen LogP contribution in [0.1, 0.15) is 56.4 Å². The van der Waals surface area contributed by atoms with E-state index in [4.69, 9.17) is 4.74 Å². The fourth-order valence-electron chi connectivity index (χ4n) is 6.27. The van der Waals surface area contributed by atoms with Gasteiger partial charge in [-0.25, -0.2) is 0 Å². The van der Waals surface area contributed by atoms with Gasteiger partial charge in [0.2, 0.25) is 0 Å². The predicted molar refractivity (Wildman–Crippen MR) is 81.0 cm³/mol. The molecule has 21 heavy (non-hydrogen) atoms. The van der Waals surface area contributed by atoms with Crippen LogP contribution in [0, 0.1) is 11.8 Å². The minimum Gasteiger partial charge on any atom is -0.392 e. The van der Waals surface area contributed by atoms with E-state index in [9.17, 15) is 5.11 Å². The molecular formula is C19H24O2. The molecule has 0 aromatic heterocycles. The van der Waals surface area contributed by atoms with E-state index in [-0.39, 0.29) is 17.3 Å². The minimum atomic E-state index is -0.155. The van der Waals surface area contributed by atoms with Crippen LogP contribution in [0.5, 0.6) is 0 Å². The zero-order valence-electron chi connectivity index (χ0n) is 12.5. The number of aliphatic hydroxyl groups is 1. The maximum atomic E-state index is 11.0. The van der Waals surface area contributed by atoms with E-state index in [1.807, 2.05) is 0 Å². The lowest BCUT2D eigenvalue weighted by molar-refractivity contribution is -0.0557. The van der Waals surface area contributed by atoms with Gasteiger partial charge >= 0.3 is 0 Å². The lowest BCUT2D eigenvalue weighted by atomic mass is 9.51. The van der Waals surface area contributed by atoms with Gasteiger partial charge in [-0.1, -0.05) is 49.6 Å². The van der Waals surface area contributed by atoms with E-state index < -0.39 is 0 Å². The number of ether oxygens (including phenoxy) is 1. The minimum absolute atomic E-state index is 0.0160. The summed E-state index contributed by atoms with van der Waals surface area (Å²) in [7, 11) is 0. The van der Waals surface area contributed by atoms with Crippen LogP contribution in [-0.2, 0) is 4.74 Å². The zero-order valence-corrected chi connectivity index (χ0v) is 12.5. The third-order valence-electron chi connectivity index (χ3n) is 6.98. The van der Waals surface area contributed by atoms with Crippen LogP contribution in [0.2, 0.25) is 0 Å². The summed E-state index contributed by atoms with van der Waals surface area (Å²) in [6.07, 6.45) is 8.38. The molecule has 3 aliphatic carbocycles. The average Bonchev–Trinajstić information content (AvgIpc) is 3.20. The number of rotatable bonds is 1. The van der Waals surface area contributed by atoms with Gasteiger partial charge in [-0.05, 0) is 37.2 Å². The largest absolute Gasteiger partial charge is 0.392 e. The number of hydrogen-bond donors (Lipinski definition) is 1. The Kier molecular flexibility index (Phi) is 2.48. The van der Waals surface area contributed by atoms with E-state index in [2.05, 4.69) is 30.3 Å². The number of aliphatic hydroxyl groups excluding tert-OH is 1. The number of hydrogen-bond acceptors (Lipinski definition) is 2. The first-order valence-corrected chi connectivity index (χ1v) is 8.72. The fraction of sp³-hybridized carbons (Fsp3) is 0.684. The van der Waals surface area contributed by atoms with Crippen LogP contribution < -0.4 is 0 Å². The summed E-state index contributed by atoms with van der Waals surface area (Å²) < 4.78 is 6.61. The van der Waals surface area contributed by atoms with Gasteiger partial charge in [0.15, 0.2) is 0 Å². The van der Waals surface area contributed by atoms with Crippen molar-refractivity contribution in [3.63, 3.8) is 0 Å². The molecule has 0 radical (unpaired) electrons. The van der Waals surface area contributed by atoms with Crippen molar-refractivity contribution in [3.05, 3.63) is 35.9 Å². The first-order chi connectivity index (χ1) is 10.3. The van der Waals surface area contributed by atoms with Crippen LogP contribution in [0.3, 0.4) is 0 Å². The van der Waals surface area contributed by atoms with Gasteiger partial charge in [-0.3, -0.25) is 0 Å². The normalized spacial score (nSPS) is 50.9. The first kappa shape index (κ1) is 12.7. The second-order valence-corrected chi connectivity index (χ2v) is 7.67. The Bertz CT molecular complexity index is 556. The highest BCUT2D eigenvalue weighted by Crippen LogP contribution is 2.74. The van der Waals surface area contributed by atoms with Crippen LogP contribution >= 0.6 is 0 Å². The summed E-state index contributed by atoms with van der Waals surface area (Å²) in [4.78, 5) is 0. The summed E-state index contributed by atoms with van der Waals surface area (Å²) in [5.74, 6) is 1.21. The highest BCUT2D eigenvalue weighted by molar-refractivity contribution is 5.38.